The summed E-state index contributed by atoms with van der Waals surface area (Å²) in [7, 11) is 0. The highest BCUT2D eigenvalue weighted by Gasteiger charge is 2.46. The summed E-state index contributed by atoms with van der Waals surface area (Å²) >= 11 is 0. The second-order valence-electron chi connectivity index (χ2n) is 8.10. The number of halogens is 6. The molecule has 0 aliphatic carbocycles. The average molecular weight is 500 g/mol. The van der Waals surface area contributed by atoms with E-state index in [2.05, 4.69) is 30.7 Å². The fourth-order valence-electron chi connectivity index (χ4n) is 3.93. The first-order valence-electron chi connectivity index (χ1n) is 10.3. The largest absolute Gasteiger partial charge is 0.419 e. The van der Waals surface area contributed by atoms with Crippen molar-refractivity contribution in [2.24, 2.45) is 5.92 Å². The minimum Gasteiger partial charge on any atom is -0.352 e. The molecule has 186 valence electrons. The van der Waals surface area contributed by atoms with E-state index in [0.29, 0.717) is 12.4 Å². The van der Waals surface area contributed by atoms with Gasteiger partial charge in [0.15, 0.2) is 6.33 Å². The first kappa shape index (κ1) is 24.3. The van der Waals surface area contributed by atoms with Crippen LogP contribution >= 0.6 is 0 Å². The number of hydrogen-bond donors (Lipinski definition) is 1. The van der Waals surface area contributed by atoms with Crippen LogP contribution in [0.2, 0.25) is 0 Å². The number of anilines is 1. The first-order chi connectivity index (χ1) is 16.4. The van der Waals surface area contributed by atoms with Crippen LogP contribution in [0.15, 0.2) is 36.9 Å². The second kappa shape index (κ2) is 9.11. The van der Waals surface area contributed by atoms with Gasteiger partial charge in [0.2, 0.25) is 5.95 Å². The number of rotatable bonds is 5. The molecule has 1 aliphatic heterocycles. The smallest absolute Gasteiger partial charge is 0.352 e. The molecule has 4 rings (SSSR count). The van der Waals surface area contributed by atoms with Gasteiger partial charge in [-0.25, -0.2) is 23.1 Å². The van der Waals surface area contributed by atoms with Gasteiger partial charge in [-0.1, -0.05) is 6.92 Å². The monoisotopic (exact) mass is 500 g/mol. The van der Waals surface area contributed by atoms with Gasteiger partial charge in [-0.05, 0) is 29.3 Å². The molecule has 0 bridgehead atoms. The molecule has 1 N–H and O–H groups in total. The van der Waals surface area contributed by atoms with E-state index in [-0.39, 0.29) is 23.7 Å². The first-order valence-corrected chi connectivity index (χ1v) is 10.3. The topological polar surface area (TPSA) is 102 Å². The van der Waals surface area contributed by atoms with Crippen LogP contribution in [0.25, 0.3) is 5.69 Å². The van der Waals surface area contributed by atoms with E-state index in [4.69, 9.17) is 0 Å². The molecular formula is C20H18F6N8O. The number of tetrazole rings is 1. The summed E-state index contributed by atoms with van der Waals surface area (Å²) in [6.07, 6.45) is -2.89. The molecule has 1 saturated heterocycles. The van der Waals surface area contributed by atoms with Crippen molar-refractivity contribution in [2.75, 3.05) is 18.4 Å². The zero-order valence-electron chi connectivity index (χ0n) is 18.0. The SMILES string of the molecule is C[C@@H]1CC(F)(F)CN(C(=O)c2cc(F)ccc2-n2ncnn2)C1CNc1ncc(C(F)(F)F)cn1. The van der Waals surface area contributed by atoms with Crippen LogP contribution in [0.4, 0.5) is 32.3 Å². The van der Waals surface area contributed by atoms with Crippen molar-refractivity contribution in [2.45, 2.75) is 31.5 Å². The summed E-state index contributed by atoms with van der Waals surface area (Å²) in [5.41, 5.74) is -1.28. The van der Waals surface area contributed by atoms with Crippen LogP contribution in [0.1, 0.15) is 29.3 Å². The number of nitrogens with one attached hydrogen (secondary N) is 1. The minimum atomic E-state index is -4.62. The molecule has 0 saturated carbocycles. The Hall–Kier alpha value is -3.78. The van der Waals surface area contributed by atoms with Gasteiger partial charge >= 0.3 is 6.18 Å². The van der Waals surface area contributed by atoms with Gasteiger partial charge in [0, 0.05) is 25.4 Å². The van der Waals surface area contributed by atoms with E-state index in [1.165, 1.54) is 13.0 Å². The van der Waals surface area contributed by atoms with Gasteiger partial charge in [-0.15, -0.1) is 15.0 Å². The van der Waals surface area contributed by atoms with Crippen LogP contribution in [0, 0.1) is 11.7 Å². The Morgan fingerprint density at radius 1 is 1.23 bits per heavy atom. The van der Waals surface area contributed by atoms with Crippen LogP contribution in [0.3, 0.4) is 0 Å². The maximum absolute atomic E-state index is 14.5. The number of amides is 1. The Morgan fingerprint density at radius 3 is 2.57 bits per heavy atom. The maximum atomic E-state index is 14.5. The normalized spacial score (nSPS) is 20.0. The summed E-state index contributed by atoms with van der Waals surface area (Å²) < 4.78 is 81.2. The lowest BCUT2D eigenvalue weighted by atomic mass is 9.87. The zero-order chi connectivity index (χ0) is 25.4. The molecule has 3 heterocycles. The molecule has 3 aromatic rings. The summed E-state index contributed by atoms with van der Waals surface area (Å²) in [5.74, 6) is -5.79. The second-order valence-corrected chi connectivity index (χ2v) is 8.10. The van der Waals surface area contributed by atoms with Crippen LogP contribution in [-0.4, -0.2) is 66.0 Å². The van der Waals surface area contributed by atoms with Crippen molar-refractivity contribution in [1.82, 2.24) is 35.1 Å². The lowest BCUT2D eigenvalue weighted by Gasteiger charge is -2.43. The Labute approximate surface area is 194 Å². The molecule has 0 radical (unpaired) electrons. The summed E-state index contributed by atoms with van der Waals surface area (Å²) in [6.45, 7) is 0.427. The van der Waals surface area contributed by atoms with E-state index in [9.17, 15) is 31.1 Å². The molecule has 1 aliphatic rings. The number of alkyl halides is 5. The molecule has 15 heteroatoms. The maximum Gasteiger partial charge on any atom is 0.419 e. The van der Waals surface area contributed by atoms with Crippen LogP contribution in [-0.2, 0) is 6.18 Å². The van der Waals surface area contributed by atoms with Crippen molar-refractivity contribution < 1.29 is 31.1 Å². The lowest BCUT2D eigenvalue weighted by molar-refractivity contribution is -0.138. The number of piperidine rings is 1. The van der Waals surface area contributed by atoms with Crippen LogP contribution < -0.4 is 5.32 Å². The minimum absolute atomic E-state index is 0.0354. The van der Waals surface area contributed by atoms with Gasteiger partial charge in [-0.2, -0.15) is 13.2 Å². The molecule has 0 spiro atoms. The van der Waals surface area contributed by atoms with Crippen molar-refractivity contribution in [3.05, 3.63) is 53.9 Å². The number of nitrogens with zero attached hydrogens (tertiary/aromatic N) is 7. The van der Waals surface area contributed by atoms with E-state index < -0.39 is 54.3 Å². The molecule has 9 nitrogen and oxygen atoms in total. The van der Waals surface area contributed by atoms with E-state index in [1.807, 2.05) is 0 Å². The third-order valence-electron chi connectivity index (χ3n) is 5.54. The number of likely N-dealkylation sites (tertiary alicyclic amines) is 1. The van der Waals surface area contributed by atoms with E-state index in [0.717, 1.165) is 28.2 Å². The van der Waals surface area contributed by atoms with E-state index >= 15 is 0 Å². The number of carbonyl (C=O) groups excluding carboxylic acids is 1. The number of carbonyl (C=O) groups is 1. The van der Waals surface area contributed by atoms with Gasteiger partial charge in [0.1, 0.15) is 11.5 Å². The van der Waals surface area contributed by atoms with Crippen molar-refractivity contribution >= 4 is 11.9 Å². The van der Waals surface area contributed by atoms with Gasteiger partial charge in [0.05, 0.1) is 23.7 Å². The van der Waals surface area contributed by atoms with Gasteiger partial charge in [0.25, 0.3) is 11.8 Å². The highest BCUT2D eigenvalue weighted by Crippen LogP contribution is 2.36. The number of benzene rings is 1. The standard InChI is InChI=1S/C20H18F6N8O/c1-11-5-19(22,23)9-33(16(11)8-29-18-27-6-12(7-28-18)20(24,25)26)17(35)14-4-13(21)2-3-15(14)34-31-10-30-32-34/h2-4,6-7,10-11,16H,5,8-9H2,1H3,(H,27,28,29)/t11-,16?/m1/s1. The number of aromatic nitrogens is 6. The van der Waals surface area contributed by atoms with Crippen LogP contribution in [0.5, 0.6) is 0 Å². The molecule has 1 fully saturated rings. The van der Waals surface area contributed by atoms with Gasteiger partial charge < -0.3 is 10.2 Å². The predicted molar refractivity (Wildman–Crippen MR) is 108 cm³/mol. The highest BCUT2D eigenvalue weighted by atomic mass is 19.4. The molecular weight excluding hydrogens is 482 g/mol. The van der Waals surface area contributed by atoms with Gasteiger partial charge in [-0.3, -0.25) is 4.79 Å². The summed E-state index contributed by atoms with van der Waals surface area (Å²) in [4.78, 5) is 22.5. The van der Waals surface area contributed by atoms with E-state index in [1.54, 1.807) is 0 Å². The Balaban J connectivity index is 1.61. The molecule has 2 aromatic heterocycles. The third-order valence-corrected chi connectivity index (χ3v) is 5.54. The molecule has 1 unspecified atom stereocenters. The summed E-state index contributed by atoms with van der Waals surface area (Å²) in [6, 6.07) is 2.33. The zero-order valence-corrected chi connectivity index (χ0v) is 18.0. The average Bonchev–Trinajstić information content (AvgIpc) is 3.31. The molecule has 35 heavy (non-hydrogen) atoms. The fourth-order valence-corrected chi connectivity index (χ4v) is 3.93. The predicted octanol–water partition coefficient (Wildman–Crippen LogP) is 3.21. The Kier molecular flexibility index (Phi) is 6.34. The van der Waals surface area contributed by atoms with Crippen molar-refractivity contribution in [1.29, 1.82) is 0 Å². The third kappa shape index (κ3) is 5.33. The Bertz CT molecular complexity index is 1190. The molecule has 2 atom stereocenters. The highest BCUT2D eigenvalue weighted by molar-refractivity contribution is 5.98. The lowest BCUT2D eigenvalue weighted by Crippen LogP contribution is -2.57. The van der Waals surface area contributed by atoms with Crippen molar-refractivity contribution in [3.63, 3.8) is 0 Å². The summed E-state index contributed by atoms with van der Waals surface area (Å²) in [5, 5.41) is 13.7. The number of hydrogen-bond acceptors (Lipinski definition) is 7. The quantitative estimate of drug-likeness (QED) is 0.537. The molecule has 1 aromatic carbocycles. The van der Waals surface area contributed by atoms with Crippen molar-refractivity contribution in [3.8, 4) is 5.69 Å². The Morgan fingerprint density at radius 2 is 1.94 bits per heavy atom. The fraction of sp³-hybridized carbons (Fsp3) is 0.400. The molecule has 1 amide bonds.